The van der Waals surface area contributed by atoms with E-state index in [9.17, 15) is 0 Å². The van der Waals surface area contributed by atoms with E-state index in [4.69, 9.17) is 8.83 Å². The fourth-order valence-electron chi connectivity index (χ4n) is 15.7. The van der Waals surface area contributed by atoms with E-state index in [0.717, 1.165) is 39.4 Å². The number of fused-ring (bicyclic) bond motifs is 17. The van der Waals surface area contributed by atoms with Gasteiger partial charge in [0, 0.05) is 71.8 Å². The van der Waals surface area contributed by atoms with Gasteiger partial charge in [-0.15, -0.1) is 0 Å². The predicted octanol–water partition coefficient (Wildman–Crippen LogP) is 21.8. The van der Waals surface area contributed by atoms with Crippen LogP contribution in [0, 0.1) is 5.92 Å². The highest BCUT2D eigenvalue weighted by molar-refractivity contribution is 6.17. The van der Waals surface area contributed by atoms with Crippen LogP contribution in [0.15, 0.2) is 226 Å². The molecule has 0 radical (unpaired) electrons. The second-order valence-corrected chi connectivity index (χ2v) is 25.3. The van der Waals surface area contributed by atoms with Gasteiger partial charge < -0.3 is 13.7 Å². The van der Waals surface area contributed by atoms with Crippen LogP contribution in [0.5, 0.6) is 0 Å². The highest BCUT2D eigenvalue weighted by Crippen LogP contribution is 2.61. The van der Waals surface area contributed by atoms with Crippen molar-refractivity contribution in [2.75, 3.05) is 4.90 Å². The molecule has 0 saturated heterocycles. The number of nitrogens with zero attached hydrogens (tertiary/aromatic N) is 1. The molecule has 2 aromatic heterocycles. The van der Waals surface area contributed by atoms with Gasteiger partial charge in [0.2, 0.25) is 0 Å². The van der Waals surface area contributed by atoms with Crippen molar-refractivity contribution in [2.24, 2.45) is 5.92 Å². The Balaban J connectivity index is 0.921. The maximum absolute atomic E-state index is 7.05. The van der Waals surface area contributed by atoms with Crippen LogP contribution in [0.25, 0.3) is 99.5 Å². The van der Waals surface area contributed by atoms with Crippen LogP contribution >= 0.6 is 0 Å². The number of rotatable bonds is 6. The van der Waals surface area contributed by atoms with E-state index in [1.807, 2.05) is 0 Å². The van der Waals surface area contributed by atoms with E-state index < -0.39 is 0 Å². The summed E-state index contributed by atoms with van der Waals surface area (Å²) in [6, 6.07) is 72.8. The van der Waals surface area contributed by atoms with Crippen molar-refractivity contribution in [3.63, 3.8) is 0 Å². The molecule has 3 nitrogen and oxygen atoms in total. The van der Waals surface area contributed by atoms with Gasteiger partial charge in [0.25, 0.3) is 0 Å². The van der Waals surface area contributed by atoms with Crippen molar-refractivity contribution in [2.45, 2.75) is 84.5 Å². The summed E-state index contributed by atoms with van der Waals surface area (Å²) in [7, 11) is 0. The zero-order valence-corrected chi connectivity index (χ0v) is 47.5. The number of hydrogen-bond acceptors (Lipinski definition) is 3. The number of furan rings is 2. The Labute approximate surface area is 474 Å². The third-order valence-electron chi connectivity index (χ3n) is 19.5. The first-order chi connectivity index (χ1) is 39.2. The number of allylic oxidation sites excluding steroid dienone is 4. The van der Waals surface area contributed by atoms with Crippen LogP contribution in [0.1, 0.15) is 107 Å². The minimum Gasteiger partial charge on any atom is -0.456 e. The lowest BCUT2D eigenvalue weighted by atomic mass is 9.74. The van der Waals surface area contributed by atoms with Crippen LogP contribution in [-0.2, 0) is 16.2 Å². The Morgan fingerprint density at radius 3 is 1.60 bits per heavy atom. The molecule has 2 heterocycles. The lowest BCUT2D eigenvalue weighted by molar-refractivity contribution is 0.583. The van der Waals surface area contributed by atoms with Gasteiger partial charge >= 0.3 is 0 Å². The van der Waals surface area contributed by atoms with Gasteiger partial charge in [-0.2, -0.15) is 0 Å². The summed E-state index contributed by atoms with van der Waals surface area (Å²) < 4.78 is 13.6. The van der Waals surface area contributed by atoms with Crippen molar-refractivity contribution in [3.8, 4) is 55.6 Å². The maximum atomic E-state index is 7.05. The van der Waals surface area contributed by atoms with Gasteiger partial charge in [-0.25, -0.2) is 0 Å². The number of para-hydroxylation sites is 3. The van der Waals surface area contributed by atoms with Crippen LogP contribution in [-0.4, -0.2) is 0 Å². The normalized spacial score (nSPS) is 17.6. The molecule has 0 saturated carbocycles. The largest absolute Gasteiger partial charge is 0.456 e. The molecule has 0 fully saturated rings. The smallest absolute Gasteiger partial charge is 0.139 e. The summed E-state index contributed by atoms with van der Waals surface area (Å²) in [5.41, 5.74) is 30.9. The first-order valence-corrected chi connectivity index (χ1v) is 29.0. The standard InChI is InChI=1S/C78H63NO2/c1-44-37-45(2)69(46(3)38-44)59-43-65-70(73-56-26-17-19-30-67(56)81-75(59)73)54-34-32-50(40-62(54)78(65,8)9)79(74-51(47-21-12-10-13-22-47)27-20-28-52(74)48-23-14-11-15-24-48)49-31-33-53-57-41-64-58(42-63(57)77(6,7)61(53)39-49)71-60(76(64,4)5)35-36-68-72(71)55-25-16-18-29-66(55)80-68/h10-43,45,69H,1-9H3. The zero-order valence-electron chi connectivity index (χ0n) is 47.5. The van der Waals surface area contributed by atoms with Crippen molar-refractivity contribution >= 4 is 60.9 Å². The molecule has 4 aliphatic carbocycles. The second kappa shape index (κ2) is 16.8. The van der Waals surface area contributed by atoms with Crippen LogP contribution in [0.2, 0.25) is 0 Å². The minimum atomic E-state index is -0.348. The Hall–Kier alpha value is -8.92. The summed E-state index contributed by atoms with van der Waals surface area (Å²) in [5.74, 6) is 0.522. The molecule has 2 unspecified atom stereocenters. The molecule has 81 heavy (non-hydrogen) atoms. The van der Waals surface area contributed by atoms with Crippen LogP contribution in [0.3, 0.4) is 0 Å². The zero-order chi connectivity index (χ0) is 55.0. The lowest BCUT2D eigenvalue weighted by Gasteiger charge is -2.33. The van der Waals surface area contributed by atoms with E-state index in [1.165, 1.54) is 127 Å². The Bertz CT molecular complexity index is 4710. The van der Waals surface area contributed by atoms with Gasteiger partial charge in [-0.05, 0) is 158 Å². The molecule has 0 N–H and O–H groups in total. The fraction of sp³-hybridized carbons (Fsp3) is 0.179. The van der Waals surface area contributed by atoms with Crippen molar-refractivity contribution < 1.29 is 8.83 Å². The number of anilines is 3. The third-order valence-corrected chi connectivity index (χ3v) is 19.5. The molecule has 2 atom stereocenters. The fourth-order valence-corrected chi connectivity index (χ4v) is 15.7. The second-order valence-electron chi connectivity index (χ2n) is 25.3. The van der Waals surface area contributed by atoms with E-state index in [1.54, 1.807) is 0 Å². The highest BCUT2D eigenvalue weighted by Gasteiger charge is 2.45. The average molecular weight is 1050 g/mol. The molecule has 10 aromatic carbocycles. The molecule has 12 aromatic rings. The average Bonchev–Trinajstić information content (AvgIpc) is 3.19. The topological polar surface area (TPSA) is 29.5 Å². The van der Waals surface area contributed by atoms with Gasteiger partial charge in [-0.3, -0.25) is 0 Å². The first kappa shape index (κ1) is 48.0. The summed E-state index contributed by atoms with van der Waals surface area (Å²) >= 11 is 0. The molecule has 392 valence electrons. The van der Waals surface area contributed by atoms with E-state index in [-0.39, 0.29) is 22.2 Å². The lowest BCUT2D eigenvalue weighted by Crippen LogP contribution is -2.19. The molecule has 0 amide bonds. The van der Waals surface area contributed by atoms with Gasteiger partial charge in [-0.1, -0.05) is 205 Å². The SMILES string of the molecule is CC1=CC(C)C(c2cc3c(c4c2oc2ccccc24)-c2ccc(N(c4ccc5c(c4)C(C)(C)c4cc6c(cc4-5)C(C)(C)c4ccc5oc7ccccc7c5c4-6)c4c(-c5ccccc5)cccc4-c4ccccc4)cc2C3(C)C)C(C)=C1. The monoisotopic (exact) mass is 1050 g/mol. The van der Waals surface area contributed by atoms with Crippen molar-refractivity contribution in [3.05, 3.63) is 256 Å². The van der Waals surface area contributed by atoms with Gasteiger partial charge in [0.1, 0.15) is 22.3 Å². The van der Waals surface area contributed by atoms with Crippen LogP contribution in [0.4, 0.5) is 17.1 Å². The molecule has 3 heteroatoms. The van der Waals surface area contributed by atoms with E-state index in [0.29, 0.717) is 5.92 Å². The molecule has 0 bridgehead atoms. The Morgan fingerprint density at radius 2 is 0.938 bits per heavy atom. The van der Waals surface area contributed by atoms with E-state index >= 15 is 0 Å². The highest BCUT2D eigenvalue weighted by atomic mass is 16.3. The number of hydrogen-bond donors (Lipinski definition) is 0. The first-order valence-electron chi connectivity index (χ1n) is 29.0. The van der Waals surface area contributed by atoms with Crippen molar-refractivity contribution in [1.29, 1.82) is 0 Å². The minimum absolute atomic E-state index is 0.199. The number of benzene rings is 10. The molecular weight excluding hydrogens is 983 g/mol. The molecule has 0 spiro atoms. The maximum Gasteiger partial charge on any atom is 0.139 e. The summed E-state index contributed by atoms with van der Waals surface area (Å²) in [6.07, 6.45) is 4.80. The Morgan fingerprint density at radius 1 is 0.407 bits per heavy atom. The quantitative estimate of drug-likeness (QED) is 0.166. The molecule has 16 rings (SSSR count). The van der Waals surface area contributed by atoms with Gasteiger partial charge in [0.15, 0.2) is 0 Å². The summed E-state index contributed by atoms with van der Waals surface area (Å²) in [5, 5.41) is 4.79. The Kier molecular flexibility index (Phi) is 9.97. The van der Waals surface area contributed by atoms with Gasteiger partial charge in [0.05, 0.1) is 5.69 Å². The predicted molar refractivity (Wildman–Crippen MR) is 339 cm³/mol. The summed E-state index contributed by atoms with van der Waals surface area (Å²) in [4.78, 5) is 2.59. The van der Waals surface area contributed by atoms with Crippen LogP contribution < -0.4 is 4.90 Å². The molecule has 4 aliphatic rings. The molecule has 0 aliphatic heterocycles. The third kappa shape index (κ3) is 6.64. The summed E-state index contributed by atoms with van der Waals surface area (Å²) in [6.45, 7) is 21.5. The molecular formula is C78H63NO2. The van der Waals surface area contributed by atoms with Crippen molar-refractivity contribution in [1.82, 2.24) is 0 Å². The van der Waals surface area contributed by atoms with E-state index in [2.05, 4.69) is 273 Å².